The van der Waals surface area contributed by atoms with E-state index in [-0.39, 0.29) is 12.2 Å². The normalized spacial score (nSPS) is 9.37. The molecule has 0 radical (unpaired) electrons. The second-order valence-electron chi connectivity index (χ2n) is 5.18. The van der Waals surface area contributed by atoms with E-state index in [0.717, 1.165) is 17.5 Å². The number of carboxylic acid groups (broad SMARTS) is 1. The van der Waals surface area contributed by atoms with Crippen molar-refractivity contribution in [2.45, 2.75) is 6.42 Å². The van der Waals surface area contributed by atoms with Crippen LogP contribution in [0.1, 0.15) is 16.8 Å². The maximum atomic E-state index is 10.7. The summed E-state index contributed by atoms with van der Waals surface area (Å²) in [5.41, 5.74) is 6.40. The number of nitrogens with two attached hydrogens (primary N) is 1. The van der Waals surface area contributed by atoms with E-state index in [1.165, 1.54) is 12.1 Å². The van der Waals surface area contributed by atoms with Gasteiger partial charge in [0.15, 0.2) is 0 Å². The van der Waals surface area contributed by atoms with Crippen molar-refractivity contribution in [1.82, 2.24) is 0 Å². The second kappa shape index (κ2) is 12.0. The first kappa shape index (κ1) is 21.6. The van der Waals surface area contributed by atoms with Gasteiger partial charge < -0.3 is 25.1 Å². The molecule has 0 aromatic heterocycles. The average Bonchev–Trinajstić information content (AvgIpc) is 2.69. The van der Waals surface area contributed by atoms with Gasteiger partial charge in [-0.2, -0.15) is 0 Å². The molecule has 0 fully saturated rings. The van der Waals surface area contributed by atoms with Crippen LogP contribution in [0.15, 0.2) is 61.2 Å². The van der Waals surface area contributed by atoms with Crippen molar-refractivity contribution in [1.29, 1.82) is 0 Å². The maximum absolute atomic E-state index is 10.7. The van der Waals surface area contributed by atoms with E-state index >= 15 is 0 Å². The molecule has 7 heteroatoms. The first-order valence-corrected chi connectivity index (χ1v) is 8.11. The number of rotatable bonds is 8. The van der Waals surface area contributed by atoms with Crippen molar-refractivity contribution in [3.63, 3.8) is 0 Å². The van der Waals surface area contributed by atoms with E-state index in [1.807, 2.05) is 12.1 Å². The summed E-state index contributed by atoms with van der Waals surface area (Å²) in [6.45, 7) is 3.92. The number of carbonyl (C=O) groups excluding carboxylic acids is 1. The van der Waals surface area contributed by atoms with Crippen LogP contribution < -0.4 is 15.2 Å². The van der Waals surface area contributed by atoms with Crippen LogP contribution in [0, 0.1) is 0 Å². The summed E-state index contributed by atoms with van der Waals surface area (Å²) < 4.78 is 15.0. The first-order chi connectivity index (χ1) is 13.0. The van der Waals surface area contributed by atoms with Crippen LogP contribution in [-0.4, -0.2) is 37.4 Å². The number of esters is 1. The lowest BCUT2D eigenvalue weighted by Crippen LogP contribution is -2.06. The summed E-state index contributed by atoms with van der Waals surface area (Å²) in [6.07, 6.45) is 1.66. The molecule has 2 rings (SSSR count). The summed E-state index contributed by atoms with van der Waals surface area (Å²) in [6, 6.07) is 13.4. The quantitative estimate of drug-likeness (QED) is 0.317. The number of ether oxygens (including phenoxy) is 3. The highest BCUT2D eigenvalue weighted by Crippen LogP contribution is 2.12. The van der Waals surface area contributed by atoms with Gasteiger partial charge in [0.2, 0.25) is 0 Å². The molecule has 0 saturated carbocycles. The highest BCUT2D eigenvalue weighted by Gasteiger charge is 2.02. The largest absolute Gasteiger partial charge is 0.497 e. The Morgan fingerprint density at radius 3 is 2.15 bits per heavy atom. The minimum Gasteiger partial charge on any atom is -0.497 e. The molecule has 0 aliphatic heterocycles. The molecule has 0 saturated heterocycles. The van der Waals surface area contributed by atoms with Gasteiger partial charge in [-0.15, -0.1) is 0 Å². The topological polar surface area (TPSA) is 108 Å². The van der Waals surface area contributed by atoms with Gasteiger partial charge in [0.05, 0.1) is 25.9 Å². The van der Waals surface area contributed by atoms with Crippen LogP contribution in [0.3, 0.4) is 0 Å². The number of nitrogen functional groups attached to an aromatic ring is 1. The SMILES string of the molecule is C=CC(=O)OCCCOc1ccc(C(=O)O)cc1.COc1ccc(N)cc1. The molecular formula is C20H23NO6. The van der Waals surface area contributed by atoms with Crippen LogP contribution in [0.25, 0.3) is 0 Å². The lowest BCUT2D eigenvalue weighted by atomic mass is 10.2. The van der Waals surface area contributed by atoms with E-state index in [2.05, 4.69) is 6.58 Å². The molecule has 3 N–H and O–H groups in total. The Kier molecular flexibility index (Phi) is 9.56. The Labute approximate surface area is 158 Å². The standard InChI is InChI=1S/C13H14O5.C7H9NO/c1-2-12(14)18-9-3-8-17-11-6-4-10(5-7-11)13(15)16;1-9-7-4-2-6(8)3-5-7/h2,4-7H,1,3,8-9H2,(H,15,16);2-5H,8H2,1H3. The summed E-state index contributed by atoms with van der Waals surface area (Å²) in [5.74, 6) is -0.0158. The molecule has 0 unspecified atom stereocenters. The van der Waals surface area contributed by atoms with Crippen LogP contribution in [-0.2, 0) is 9.53 Å². The molecule has 27 heavy (non-hydrogen) atoms. The minimum absolute atomic E-state index is 0.210. The van der Waals surface area contributed by atoms with Crippen LogP contribution in [0.5, 0.6) is 11.5 Å². The van der Waals surface area contributed by atoms with Crippen molar-refractivity contribution < 1.29 is 28.9 Å². The third-order valence-electron chi connectivity index (χ3n) is 3.19. The fraction of sp³-hybridized carbons (Fsp3) is 0.200. The van der Waals surface area contributed by atoms with Crippen molar-refractivity contribution in [2.24, 2.45) is 0 Å². The number of benzene rings is 2. The lowest BCUT2D eigenvalue weighted by molar-refractivity contribution is -0.137. The third-order valence-corrected chi connectivity index (χ3v) is 3.19. The fourth-order valence-corrected chi connectivity index (χ4v) is 1.78. The van der Waals surface area contributed by atoms with Crippen LogP contribution in [0.4, 0.5) is 5.69 Å². The van der Waals surface area contributed by atoms with Crippen molar-refractivity contribution in [3.8, 4) is 11.5 Å². The number of anilines is 1. The maximum Gasteiger partial charge on any atom is 0.335 e. The predicted molar refractivity (Wildman–Crippen MR) is 102 cm³/mol. The Bertz CT molecular complexity index is 725. The molecule has 2 aromatic rings. The molecule has 7 nitrogen and oxygen atoms in total. The van der Waals surface area contributed by atoms with Gasteiger partial charge in [0.25, 0.3) is 0 Å². The molecule has 0 atom stereocenters. The summed E-state index contributed by atoms with van der Waals surface area (Å²) in [7, 11) is 1.63. The van der Waals surface area contributed by atoms with Gasteiger partial charge in [-0.3, -0.25) is 0 Å². The zero-order valence-electron chi connectivity index (χ0n) is 15.1. The van der Waals surface area contributed by atoms with Crippen molar-refractivity contribution in [3.05, 3.63) is 66.7 Å². The second-order valence-corrected chi connectivity index (χ2v) is 5.18. The highest BCUT2D eigenvalue weighted by atomic mass is 16.5. The summed E-state index contributed by atoms with van der Waals surface area (Å²) >= 11 is 0. The van der Waals surface area contributed by atoms with E-state index in [1.54, 1.807) is 31.4 Å². The molecule has 0 aliphatic rings. The van der Waals surface area contributed by atoms with Gasteiger partial charge in [-0.05, 0) is 48.5 Å². The van der Waals surface area contributed by atoms with Crippen molar-refractivity contribution >= 4 is 17.6 Å². The number of aromatic carboxylic acids is 1. The Hall–Kier alpha value is -3.48. The molecule has 0 heterocycles. The van der Waals surface area contributed by atoms with Gasteiger partial charge in [-0.1, -0.05) is 6.58 Å². The monoisotopic (exact) mass is 373 g/mol. The lowest BCUT2D eigenvalue weighted by Gasteiger charge is -2.06. The molecule has 0 aliphatic carbocycles. The Balaban J connectivity index is 0.000000337. The minimum atomic E-state index is -0.974. The van der Waals surface area contributed by atoms with Crippen LogP contribution in [0.2, 0.25) is 0 Å². The van der Waals surface area contributed by atoms with Crippen LogP contribution >= 0.6 is 0 Å². The molecule has 0 spiro atoms. The molecule has 0 bridgehead atoms. The van der Waals surface area contributed by atoms with Gasteiger partial charge in [-0.25, -0.2) is 9.59 Å². The van der Waals surface area contributed by atoms with Gasteiger partial charge in [0, 0.05) is 18.2 Å². The first-order valence-electron chi connectivity index (χ1n) is 8.11. The summed E-state index contributed by atoms with van der Waals surface area (Å²) in [4.78, 5) is 21.3. The Morgan fingerprint density at radius 2 is 1.63 bits per heavy atom. The van der Waals surface area contributed by atoms with E-state index in [9.17, 15) is 9.59 Å². The number of methoxy groups -OCH3 is 1. The Morgan fingerprint density at radius 1 is 1.04 bits per heavy atom. The zero-order valence-corrected chi connectivity index (χ0v) is 15.1. The van der Waals surface area contributed by atoms with E-state index < -0.39 is 11.9 Å². The van der Waals surface area contributed by atoms with E-state index in [0.29, 0.717) is 18.8 Å². The van der Waals surface area contributed by atoms with Gasteiger partial charge >= 0.3 is 11.9 Å². The molecular weight excluding hydrogens is 350 g/mol. The fourth-order valence-electron chi connectivity index (χ4n) is 1.78. The number of hydrogen-bond donors (Lipinski definition) is 2. The summed E-state index contributed by atoms with van der Waals surface area (Å²) in [5, 5.41) is 8.70. The number of carbonyl (C=O) groups is 2. The predicted octanol–water partition coefficient (Wildman–Crippen LogP) is 3.16. The van der Waals surface area contributed by atoms with Gasteiger partial charge in [0.1, 0.15) is 11.5 Å². The molecule has 2 aromatic carbocycles. The number of hydrogen-bond acceptors (Lipinski definition) is 6. The smallest absolute Gasteiger partial charge is 0.335 e. The highest BCUT2D eigenvalue weighted by molar-refractivity contribution is 5.87. The zero-order chi connectivity index (χ0) is 20.1. The molecule has 144 valence electrons. The molecule has 0 amide bonds. The third kappa shape index (κ3) is 8.97. The average molecular weight is 373 g/mol. The number of carboxylic acids is 1. The van der Waals surface area contributed by atoms with E-state index in [4.69, 9.17) is 25.1 Å². The van der Waals surface area contributed by atoms with Crippen molar-refractivity contribution in [2.75, 3.05) is 26.1 Å².